The van der Waals surface area contributed by atoms with Crippen molar-refractivity contribution in [2.24, 2.45) is 0 Å². The van der Waals surface area contributed by atoms with Gasteiger partial charge in [0, 0.05) is 5.56 Å². The molecule has 1 heteroatoms. The van der Waals surface area contributed by atoms with Gasteiger partial charge in [-0.2, -0.15) is 0 Å². The van der Waals surface area contributed by atoms with Gasteiger partial charge in [0.15, 0.2) is 5.78 Å². The van der Waals surface area contributed by atoms with Crippen LogP contribution in [0.1, 0.15) is 27.9 Å². The molecule has 0 aromatic heterocycles. The molecule has 1 aliphatic carbocycles. The smallest absolute Gasteiger partial charge is 0.185 e. The maximum atomic E-state index is 11.5. The van der Waals surface area contributed by atoms with E-state index in [1.165, 1.54) is 23.6 Å². The highest BCUT2D eigenvalue weighted by Crippen LogP contribution is 2.25. The van der Waals surface area contributed by atoms with E-state index in [4.69, 9.17) is 0 Å². The molecule has 0 spiro atoms. The Hall–Kier alpha value is -1.37. The van der Waals surface area contributed by atoms with Gasteiger partial charge in [-0.3, -0.25) is 4.79 Å². The SMILES string of the molecule is C=CC(=O)c1cccc2c1CCC2. The summed E-state index contributed by atoms with van der Waals surface area (Å²) < 4.78 is 0. The first-order valence-corrected chi connectivity index (χ1v) is 4.60. The Labute approximate surface area is 78.1 Å². The van der Waals surface area contributed by atoms with Crippen molar-refractivity contribution in [3.05, 3.63) is 47.5 Å². The van der Waals surface area contributed by atoms with Crippen LogP contribution in [-0.4, -0.2) is 5.78 Å². The molecule has 1 aliphatic rings. The highest BCUT2D eigenvalue weighted by molar-refractivity contribution is 6.05. The molecule has 0 heterocycles. The number of hydrogen-bond donors (Lipinski definition) is 0. The van der Waals surface area contributed by atoms with Gasteiger partial charge in [-0.1, -0.05) is 24.8 Å². The van der Waals surface area contributed by atoms with Gasteiger partial charge in [-0.05, 0) is 36.5 Å². The molecule has 0 bridgehead atoms. The van der Waals surface area contributed by atoms with Crippen LogP contribution >= 0.6 is 0 Å². The van der Waals surface area contributed by atoms with Crippen LogP contribution in [0.2, 0.25) is 0 Å². The lowest BCUT2D eigenvalue weighted by molar-refractivity contribution is 0.104. The molecule has 66 valence electrons. The maximum Gasteiger partial charge on any atom is 0.185 e. The van der Waals surface area contributed by atoms with Crippen LogP contribution in [-0.2, 0) is 12.8 Å². The third kappa shape index (κ3) is 1.31. The molecule has 1 aromatic rings. The first-order chi connectivity index (χ1) is 6.33. The Morgan fingerprint density at radius 1 is 1.38 bits per heavy atom. The van der Waals surface area contributed by atoms with E-state index in [9.17, 15) is 4.79 Å². The number of fused-ring (bicyclic) bond motifs is 1. The van der Waals surface area contributed by atoms with Gasteiger partial charge < -0.3 is 0 Å². The monoisotopic (exact) mass is 172 g/mol. The zero-order valence-corrected chi connectivity index (χ0v) is 7.55. The normalized spacial score (nSPS) is 13.8. The predicted octanol–water partition coefficient (Wildman–Crippen LogP) is 2.54. The van der Waals surface area contributed by atoms with E-state index in [0.29, 0.717) is 0 Å². The fourth-order valence-electron chi connectivity index (χ4n) is 1.96. The third-order valence-electron chi connectivity index (χ3n) is 2.60. The van der Waals surface area contributed by atoms with Crippen LogP contribution in [0.25, 0.3) is 0 Å². The van der Waals surface area contributed by atoms with E-state index >= 15 is 0 Å². The predicted molar refractivity (Wildman–Crippen MR) is 53.0 cm³/mol. The van der Waals surface area contributed by atoms with Crippen molar-refractivity contribution < 1.29 is 4.79 Å². The fourth-order valence-corrected chi connectivity index (χ4v) is 1.96. The summed E-state index contributed by atoms with van der Waals surface area (Å²) in [6.45, 7) is 3.51. The zero-order chi connectivity index (χ0) is 9.26. The minimum absolute atomic E-state index is 0.0544. The Bertz CT molecular complexity index is 363. The molecule has 0 saturated heterocycles. The second-order valence-corrected chi connectivity index (χ2v) is 3.37. The molecule has 13 heavy (non-hydrogen) atoms. The van der Waals surface area contributed by atoms with Crippen LogP contribution in [0.5, 0.6) is 0 Å². The Balaban J connectivity index is 2.53. The molecular weight excluding hydrogens is 160 g/mol. The lowest BCUT2D eigenvalue weighted by Crippen LogP contribution is -1.99. The summed E-state index contributed by atoms with van der Waals surface area (Å²) in [5.74, 6) is 0.0544. The van der Waals surface area contributed by atoms with Crippen LogP contribution in [0.3, 0.4) is 0 Å². The molecule has 2 rings (SSSR count). The molecule has 0 aliphatic heterocycles. The number of hydrogen-bond acceptors (Lipinski definition) is 1. The van der Waals surface area contributed by atoms with E-state index in [2.05, 4.69) is 12.6 Å². The molecule has 0 fully saturated rings. The highest BCUT2D eigenvalue weighted by atomic mass is 16.1. The summed E-state index contributed by atoms with van der Waals surface area (Å²) in [5, 5.41) is 0. The third-order valence-corrected chi connectivity index (χ3v) is 2.60. The van der Waals surface area contributed by atoms with Crippen molar-refractivity contribution >= 4 is 5.78 Å². The van der Waals surface area contributed by atoms with Crippen molar-refractivity contribution in [1.82, 2.24) is 0 Å². The number of rotatable bonds is 2. The summed E-state index contributed by atoms with van der Waals surface area (Å²) >= 11 is 0. The van der Waals surface area contributed by atoms with Crippen molar-refractivity contribution in [1.29, 1.82) is 0 Å². The van der Waals surface area contributed by atoms with Crippen molar-refractivity contribution in [3.8, 4) is 0 Å². The molecule has 0 radical (unpaired) electrons. The number of carbonyl (C=O) groups excluding carboxylic acids is 1. The topological polar surface area (TPSA) is 17.1 Å². The lowest BCUT2D eigenvalue weighted by atomic mass is 10.0. The summed E-state index contributed by atoms with van der Waals surface area (Å²) in [6.07, 6.45) is 4.74. The summed E-state index contributed by atoms with van der Waals surface area (Å²) in [7, 11) is 0. The van der Waals surface area contributed by atoms with E-state index < -0.39 is 0 Å². The van der Waals surface area contributed by atoms with Gasteiger partial charge in [0.1, 0.15) is 0 Å². The van der Waals surface area contributed by atoms with Gasteiger partial charge >= 0.3 is 0 Å². The van der Waals surface area contributed by atoms with Gasteiger partial charge in [-0.25, -0.2) is 0 Å². The molecule has 1 aromatic carbocycles. The quantitative estimate of drug-likeness (QED) is 0.495. The molecule has 0 N–H and O–H groups in total. The maximum absolute atomic E-state index is 11.5. The standard InChI is InChI=1S/C12H12O/c1-2-12(13)11-8-4-6-9-5-3-7-10(9)11/h2,4,6,8H,1,3,5,7H2. The lowest BCUT2D eigenvalue weighted by Gasteiger charge is -2.03. The average Bonchev–Trinajstić information content (AvgIpc) is 2.63. The Morgan fingerprint density at radius 3 is 3.00 bits per heavy atom. The second kappa shape index (κ2) is 3.17. The number of ketones is 1. The molecule has 0 saturated carbocycles. The van der Waals surface area contributed by atoms with Gasteiger partial charge in [0.05, 0.1) is 0 Å². The largest absolute Gasteiger partial charge is 0.289 e. The molecule has 0 amide bonds. The number of aryl methyl sites for hydroxylation is 1. The van der Waals surface area contributed by atoms with Crippen molar-refractivity contribution in [3.63, 3.8) is 0 Å². The highest BCUT2D eigenvalue weighted by Gasteiger charge is 2.16. The van der Waals surface area contributed by atoms with Crippen molar-refractivity contribution in [2.75, 3.05) is 0 Å². The number of benzene rings is 1. The van der Waals surface area contributed by atoms with Gasteiger partial charge in [0.25, 0.3) is 0 Å². The summed E-state index contributed by atoms with van der Waals surface area (Å²) in [6, 6.07) is 5.97. The van der Waals surface area contributed by atoms with E-state index in [1.54, 1.807) is 0 Å². The minimum Gasteiger partial charge on any atom is -0.289 e. The van der Waals surface area contributed by atoms with E-state index in [1.807, 2.05) is 12.1 Å². The average molecular weight is 172 g/mol. The number of allylic oxidation sites excluding steroid dienone is 1. The summed E-state index contributed by atoms with van der Waals surface area (Å²) in [5.41, 5.74) is 3.44. The van der Waals surface area contributed by atoms with Crippen LogP contribution in [0.4, 0.5) is 0 Å². The molecule has 0 atom stereocenters. The second-order valence-electron chi connectivity index (χ2n) is 3.37. The van der Waals surface area contributed by atoms with E-state index in [0.717, 1.165) is 18.4 Å². The Kier molecular flexibility index (Phi) is 2.01. The van der Waals surface area contributed by atoms with Crippen molar-refractivity contribution in [2.45, 2.75) is 19.3 Å². The van der Waals surface area contributed by atoms with Gasteiger partial charge in [-0.15, -0.1) is 0 Å². The Morgan fingerprint density at radius 2 is 2.23 bits per heavy atom. The minimum atomic E-state index is 0.0544. The molecule has 0 unspecified atom stereocenters. The van der Waals surface area contributed by atoms with Crippen LogP contribution in [0.15, 0.2) is 30.9 Å². The molecule has 1 nitrogen and oxygen atoms in total. The zero-order valence-electron chi connectivity index (χ0n) is 7.55. The fraction of sp³-hybridized carbons (Fsp3) is 0.250. The molecular formula is C12H12O. The van der Waals surface area contributed by atoms with E-state index in [-0.39, 0.29) is 5.78 Å². The van der Waals surface area contributed by atoms with Crippen LogP contribution in [0, 0.1) is 0 Å². The first kappa shape index (κ1) is 8.24. The first-order valence-electron chi connectivity index (χ1n) is 4.60. The van der Waals surface area contributed by atoms with Gasteiger partial charge in [0.2, 0.25) is 0 Å². The number of carbonyl (C=O) groups is 1. The summed E-state index contributed by atoms with van der Waals surface area (Å²) in [4.78, 5) is 11.5. The van der Waals surface area contributed by atoms with Crippen LogP contribution < -0.4 is 0 Å².